The molecule has 1 aromatic rings. The fourth-order valence-corrected chi connectivity index (χ4v) is 3.25. The first kappa shape index (κ1) is 13.3. The zero-order chi connectivity index (χ0) is 13.1. The summed E-state index contributed by atoms with van der Waals surface area (Å²) in [6.45, 7) is 8.05. The zero-order valence-electron chi connectivity index (χ0n) is 11.3. The fraction of sp³-hybridized carbons (Fsp3) is 0.692. The third kappa shape index (κ3) is 3.02. The molecule has 18 heavy (non-hydrogen) atoms. The van der Waals surface area contributed by atoms with Crippen molar-refractivity contribution in [2.24, 2.45) is 5.92 Å². The van der Waals surface area contributed by atoms with Gasteiger partial charge in [-0.05, 0) is 32.1 Å². The quantitative estimate of drug-likeness (QED) is 0.893. The highest BCUT2D eigenvalue weighted by Gasteiger charge is 2.21. The minimum Gasteiger partial charge on any atom is -0.324 e. The molecule has 0 saturated carbocycles. The minimum atomic E-state index is -0.00190. The molecule has 1 atom stereocenters. The molecule has 100 valence electrons. The first-order valence-electron chi connectivity index (χ1n) is 6.62. The second kappa shape index (κ2) is 5.69. The van der Waals surface area contributed by atoms with Crippen LogP contribution in [-0.4, -0.2) is 29.0 Å². The molecule has 1 N–H and O–H groups in total. The molecule has 0 radical (unpaired) electrons. The summed E-state index contributed by atoms with van der Waals surface area (Å²) in [5, 5.41) is 3.65. The maximum absolute atomic E-state index is 12.1. The van der Waals surface area contributed by atoms with E-state index in [-0.39, 0.29) is 6.03 Å². The van der Waals surface area contributed by atoms with Gasteiger partial charge in [0.15, 0.2) is 5.13 Å². The lowest BCUT2D eigenvalue weighted by Crippen LogP contribution is -2.41. The van der Waals surface area contributed by atoms with E-state index in [1.807, 2.05) is 4.90 Å². The number of hydrogen-bond donors (Lipinski definition) is 1. The summed E-state index contributed by atoms with van der Waals surface area (Å²) < 4.78 is 0. The molecule has 0 bridgehead atoms. The Balaban J connectivity index is 1.97. The van der Waals surface area contributed by atoms with E-state index in [9.17, 15) is 4.79 Å². The number of piperidine rings is 1. The van der Waals surface area contributed by atoms with Crippen LogP contribution >= 0.6 is 11.3 Å². The predicted molar refractivity (Wildman–Crippen MR) is 75.2 cm³/mol. The molecule has 1 aliphatic heterocycles. The monoisotopic (exact) mass is 267 g/mol. The normalized spacial score (nSPS) is 19.9. The molecule has 0 spiro atoms. The van der Waals surface area contributed by atoms with Crippen LogP contribution in [0, 0.1) is 12.8 Å². The molecule has 0 aromatic carbocycles. The molecule has 2 rings (SSSR count). The molecule has 1 fully saturated rings. The van der Waals surface area contributed by atoms with Gasteiger partial charge < -0.3 is 4.90 Å². The number of aryl methyl sites for hydroxylation is 2. The van der Waals surface area contributed by atoms with E-state index in [2.05, 4.69) is 31.1 Å². The number of nitrogens with one attached hydrogen (secondary N) is 1. The molecular weight excluding hydrogens is 246 g/mol. The topological polar surface area (TPSA) is 45.2 Å². The predicted octanol–water partition coefficient (Wildman–Crippen LogP) is 3.28. The van der Waals surface area contributed by atoms with Crippen LogP contribution in [0.3, 0.4) is 0 Å². The third-order valence-electron chi connectivity index (χ3n) is 3.39. The number of rotatable bonds is 2. The Morgan fingerprint density at radius 1 is 1.61 bits per heavy atom. The number of nitrogens with zero attached hydrogens (tertiary/aromatic N) is 2. The van der Waals surface area contributed by atoms with Gasteiger partial charge >= 0.3 is 6.03 Å². The lowest BCUT2D eigenvalue weighted by Gasteiger charge is -2.30. The van der Waals surface area contributed by atoms with Gasteiger partial charge in [-0.25, -0.2) is 9.78 Å². The van der Waals surface area contributed by atoms with Crippen molar-refractivity contribution in [3.05, 3.63) is 10.6 Å². The van der Waals surface area contributed by atoms with Crippen LogP contribution in [0.5, 0.6) is 0 Å². The lowest BCUT2D eigenvalue weighted by molar-refractivity contribution is 0.182. The average Bonchev–Trinajstić information content (AvgIpc) is 2.69. The van der Waals surface area contributed by atoms with E-state index >= 15 is 0 Å². The van der Waals surface area contributed by atoms with Crippen LogP contribution in [0.15, 0.2) is 0 Å². The fourth-order valence-electron chi connectivity index (χ4n) is 2.35. The first-order valence-corrected chi connectivity index (χ1v) is 7.44. The Hall–Kier alpha value is -1.10. The maximum atomic E-state index is 12.1. The number of thiazole rings is 1. The Morgan fingerprint density at radius 3 is 3.00 bits per heavy atom. The van der Waals surface area contributed by atoms with Crippen molar-refractivity contribution in [3.8, 4) is 0 Å². The first-order chi connectivity index (χ1) is 8.60. The Labute approximate surface area is 112 Å². The highest BCUT2D eigenvalue weighted by atomic mass is 32.1. The average molecular weight is 267 g/mol. The van der Waals surface area contributed by atoms with E-state index in [4.69, 9.17) is 0 Å². The van der Waals surface area contributed by atoms with Crippen molar-refractivity contribution < 1.29 is 4.79 Å². The van der Waals surface area contributed by atoms with Crippen LogP contribution in [-0.2, 0) is 6.42 Å². The summed E-state index contributed by atoms with van der Waals surface area (Å²) in [6, 6.07) is -0.00190. The molecule has 2 amide bonds. The van der Waals surface area contributed by atoms with Crippen molar-refractivity contribution >= 4 is 22.5 Å². The number of aromatic nitrogens is 1. The molecule has 1 saturated heterocycles. The van der Waals surface area contributed by atoms with E-state index in [1.54, 1.807) is 11.3 Å². The number of likely N-dealkylation sites (tertiary alicyclic amines) is 1. The van der Waals surface area contributed by atoms with Crippen LogP contribution in [0.2, 0.25) is 0 Å². The SMILES string of the molecule is CCc1nc(NC(=O)N2CCCC(C)C2)sc1C. The van der Waals surface area contributed by atoms with Crippen molar-refractivity contribution in [1.82, 2.24) is 9.88 Å². The standard InChI is InChI=1S/C13H21N3OS/c1-4-11-10(3)18-12(14-11)15-13(17)16-7-5-6-9(2)8-16/h9H,4-8H2,1-3H3,(H,14,15,17). The Kier molecular flexibility index (Phi) is 4.22. The van der Waals surface area contributed by atoms with Gasteiger partial charge in [0.05, 0.1) is 5.69 Å². The van der Waals surface area contributed by atoms with Gasteiger partial charge in [0.2, 0.25) is 0 Å². The number of amides is 2. The van der Waals surface area contributed by atoms with Crippen LogP contribution in [0.25, 0.3) is 0 Å². The van der Waals surface area contributed by atoms with Gasteiger partial charge in [0, 0.05) is 18.0 Å². The Morgan fingerprint density at radius 2 is 2.39 bits per heavy atom. The van der Waals surface area contributed by atoms with E-state index < -0.39 is 0 Å². The molecular formula is C13H21N3OS. The van der Waals surface area contributed by atoms with Crippen molar-refractivity contribution in [3.63, 3.8) is 0 Å². The summed E-state index contributed by atoms with van der Waals surface area (Å²) in [5.41, 5.74) is 1.09. The second-order valence-corrected chi connectivity index (χ2v) is 6.20. The largest absolute Gasteiger partial charge is 0.324 e. The summed E-state index contributed by atoms with van der Waals surface area (Å²) >= 11 is 1.56. The van der Waals surface area contributed by atoms with Crippen LogP contribution in [0.1, 0.15) is 37.3 Å². The molecule has 1 unspecified atom stereocenters. The van der Waals surface area contributed by atoms with E-state index in [0.717, 1.165) is 36.8 Å². The summed E-state index contributed by atoms with van der Waals surface area (Å²) in [5.74, 6) is 0.605. The minimum absolute atomic E-state index is 0.00190. The molecule has 2 heterocycles. The van der Waals surface area contributed by atoms with Crippen LogP contribution < -0.4 is 5.32 Å². The number of carbonyl (C=O) groups is 1. The van der Waals surface area contributed by atoms with Gasteiger partial charge in [0.25, 0.3) is 0 Å². The molecule has 1 aromatic heterocycles. The molecule has 1 aliphatic rings. The number of hydrogen-bond acceptors (Lipinski definition) is 3. The zero-order valence-corrected chi connectivity index (χ0v) is 12.1. The maximum Gasteiger partial charge on any atom is 0.323 e. The number of urea groups is 1. The number of anilines is 1. The van der Waals surface area contributed by atoms with Gasteiger partial charge in [-0.1, -0.05) is 13.8 Å². The van der Waals surface area contributed by atoms with Gasteiger partial charge in [0.1, 0.15) is 0 Å². The molecule has 5 heteroatoms. The highest BCUT2D eigenvalue weighted by Crippen LogP contribution is 2.23. The highest BCUT2D eigenvalue weighted by molar-refractivity contribution is 7.15. The summed E-state index contributed by atoms with van der Waals surface area (Å²) in [7, 11) is 0. The summed E-state index contributed by atoms with van der Waals surface area (Å²) in [6.07, 6.45) is 3.24. The molecule has 0 aliphatic carbocycles. The van der Waals surface area contributed by atoms with Gasteiger partial charge in [-0.15, -0.1) is 11.3 Å². The molecule has 4 nitrogen and oxygen atoms in total. The van der Waals surface area contributed by atoms with Crippen molar-refractivity contribution in [2.45, 2.75) is 40.0 Å². The summed E-state index contributed by atoms with van der Waals surface area (Å²) in [4.78, 5) is 19.6. The van der Waals surface area contributed by atoms with Gasteiger partial charge in [-0.3, -0.25) is 5.32 Å². The van der Waals surface area contributed by atoms with Crippen molar-refractivity contribution in [1.29, 1.82) is 0 Å². The second-order valence-electron chi connectivity index (χ2n) is 5.00. The Bertz CT molecular complexity index is 430. The van der Waals surface area contributed by atoms with Gasteiger partial charge in [-0.2, -0.15) is 0 Å². The third-order valence-corrected chi connectivity index (χ3v) is 4.31. The lowest BCUT2D eigenvalue weighted by atomic mass is 10.0. The van der Waals surface area contributed by atoms with E-state index in [1.165, 1.54) is 11.3 Å². The van der Waals surface area contributed by atoms with Crippen molar-refractivity contribution in [2.75, 3.05) is 18.4 Å². The smallest absolute Gasteiger partial charge is 0.323 e. The van der Waals surface area contributed by atoms with Crippen LogP contribution in [0.4, 0.5) is 9.93 Å². The number of carbonyl (C=O) groups excluding carboxylic acids is 1. The van der Waals surface area contributed by atoms with E-state index in [0.29, 0.717) is 5.92 Å².